The summed E-state index contributed by atoms with van der Waals surface area (Å²) in [7, 11) is 0. The Labute approximate surface area is 105 Å². The zero-order chi connectivity index (χ0) is 13.0. The quantitative estimate of drug-likeness (QED) is 0.665. The third kappa shape index (κ3) is 3.20. The highest BCUT2D eigenvalue weighted by atomic mass is 35.5. The molecule has 4 nitrogen and oxygen atoms in total. The fourth-order valence-electron chi connectivity index (χ4n) is 1.65. The van der Waals surface area contributed by atoms with Gasteiger partial charge in [0.1, 0.15) is 6.04 Å². The van der Waals surface area contributed by atoms with Gasteiger partial charge >= 0.3 is 11.3 Å². The molecule has 0 aliphatic heterocycles. The SMILES string of the molecule is CC(C)[C@@H](C(=O)O)N(C(=O)Cl)c1ccccc1. The smallest absolute Gasteiger partial charge is 0.327 e. The van der Waals surface area contributed by atoms with Crippen molar-refractivity contribution < 1.29 is 14.7 Å². The van der Waals surface area contributed by atoms with Crippen LogP contribution in [0.5, 0.6) is 0 Å². The maximum Gasteiger partial charge on any atom is 0.327 e. The van der Waals surface area contributed by atoms with E-state index in [1.165, 1.54) is 0 Å². The van der Waals surface area contributed by atoms with Crippen LogP contribution in [0, 0.1) is 5.92 Å². The summed E-state index contributed by atoms with van der Waals surface area (Å²) in [5.74, 6) is -1.31. The summed E-state index contributed by atoms with van der Waals surface area (Å²) in [5, 5.41) is 8.38. The van der Waals surface area contributed by atoms with E-state index in [0.29, 0.717) is 5.69 Å². The van der Waals surface area contributed by atoms with Crippen molar-refractivity contribution >= 4 is 28.6 Å². The lowest BCUT2D eigenvalue weighted by molar-refractivity contribution is -0.139. The number of hydrogen-bond donors (Lipinski definition) is 1. The van der Waals surface area contributed by atoms with Crippen LogP contribution in [-0.4, -0.2) is 22.5 Å². The van der Waals surface area contributed by atoms with Crippen molar-refractivity contribution in [1.82, 2.24) is 0 Å². The van der Waals surface area contributed by atoms with E-state index in [0.717, 1.165) is 4.90 Å². The summed E-state index contributed by atoms with van der Waals surface area (Å²) in [6.07, 6.45) is 0. The summed E-state index contributed by atoms with van der Waals surface area (Å²) < 4.78 is 0. The first-order valence-corrected chi connectivity index (χ1v) is 5.59. The average molecular weight is 256 g/mol. The van der Waals surface area contributed by atoms with E-state index in [9.17, 15) is 14.7 Å². The number of para-hydroxylation sites is 1. The van der Waals surface area contributed by atoms with Gasteiger partial charge in [-0.05, 0) is 29.7 Å². The summed E-state index contributed by atoms with van der Waals surface area (Å²) in [4.78, 5) is 23.7. The minimum absolute atomic E-state index is 0.240. The molecule has 0 unspecified atom stereocenters. The fourth-order valence-corrected chi connectivity index (χ4v) is 1.86. The topological polar surface area (TPSA) is 57.6 Å². The van der Waals surface area contributed by atoms with E-state index in [1.807, 2.05) is 0 Å². The van der Waals surface area contributed by atoms with Crippen molar-refractivity contribution in [2.75, 3.05) is 4.90 Å². The predicted octanol–water partition coefficient (Wildman–Crippen LogP) is 2.96. The monoisotopic (exact) mass is 255 g/mol. The van der Waals surface area contributed by atoms with E-state index < -0.39 is 17.4 Å². The highest BCUT2D eigenvalue weighted by Crippen LogP contribution is 2.22. The fraction of sp³-hybridized carbons (Fsp3) is 0.333. The molecule has 0 radical (unpaired) electrons. The third-order valence-electron chi connectivity index (χ3n) is 2.39. The van der Waals surface area contributed by atoms with Crippen LogP contribution in [0.15, 0.2) is 30.3 Å². The molecule has 0 fully saturated rings. The molecule has 1 aromatic carbocycles. The minimum atomic E-state index is -1.07. The molecule has 0 bridgehead atoms. The molecule has 0 aliphatic carbocycles. The molecule has 1 N–H and O–H groups in total. The Morgan fingerprint density at radius 3 is 2.12 bits per heavy atom. The number of carbonyl (C=O) groups excluding carboxylic acids is 1. The molecule has 92 valence electrons. The van der Waals surface area contributed by atoms with Gasteiger partial charge in [-0.15, -0.1) is 0 Å². The lowest BCUT2D eigenvalue weighted by atomic mass is 10.0. The summed E-state index contributed by atoms with van der Waals surface area (Å²) >= 11 is 5.48. The van der Waals surface area contributed by atoms with Crippen LogP contribution >= 0.6 is 11.6 Å². The van der Waals surface area contributed by atoms with Crippen LogP contribution in [0.2, 0.25) is 0 Å². The first-order valence-electron chi connectivity index (χ1n) is 5.21. The van der Waals surface area contributed by atoms with Gasteiger partial charge in [-0.3, -0.25) is 9.69 Å². The number of amides is 1. The third-order valence-corrected chi connectivity index (χ3v) is 2.57. The number of hydrogen-bond acceptors (Lipinski definition) is 2. The summed E-state index contributed by atoms with van der Waals surface area (Å²) in [5.41, 5.74) is 0.480. The number of halogens is 1. The molecule has 0 aromatic heterocycles. The molecule has 1 amide bonds. The van der Waals surface area contributed by atoms with Crippen LogP contribution in [0.1, 0.15) is 13.8 Å². The molecule has 0 saturated carbocycles. The summed E-state index contributed by atoms with van der Waals surface area (Å²) in [6.45, 7) is 3.46. The van der Waals surface area contributed by atoms with E-state index in [-0.39, 0.29) is 5.92 Å². The van der Waals surface area contributed by atoms with Crippen molar-refractivity contribution in [2.45, 2.75) is 19.9 Å². The van der Waals surface area contributed by atoms with Crippen molar-refractivity contribution in [2.24, 2.45) is 5.92 Å². The number of nitrogens with zero attached hydrogens (tertiary/aromatic N) is 1. The molecule has 5 heteroatoms. The van der Waals surface area contributed by atoms with E-state index >= 15 is 0 Å². The van der Waals surface area contributed by atoms with Gasteiger partial charge in [0.15, 0.2) is 0 Å². The predicted molar refractivity (Wildman–Crippen MR) is 66.4 cm³/mol. The number of carboxylic acid groups (broad SMARTS) is 1. The van der Waals surface area contributed by atoms with Crippen LogP contribution in [0.25, 0.3) is 0 Å². The van der Waals surface area contributed by atoms with Crippen molar-refractivity contribution in [3.8, 4) is 0 Å². The Bertz CT molecular complexity index is 405. The average Bonchev–Trinajstić information content (AvgIpc) is 2.25. The lowest BCUT2D eigenvalue weighted by Crippen LogP contribution is -2.46. The first-order chi connectivity index (χ1) is 7.95. The van der Waals surface area contributed by atoms with Gasteiger partial charge in [-0.25, -0.2) is 4.79 Å². The highest BCUT2D eigenvalue weighted by Gasteiger charge is 2.32. The molecule has 1 aromatic rings. The largest absolute Gasteiger partial charge is 0.480 e. The maximum absolute atomic E-state index is 11.4. The van der Waals surface area contributed by atoms with Gasteiger partial charge in [0.25, 0.3) is 0 Å². The Kier molecular flexibility index (Phi) is 4.52. The number of carboxylic acids is 1. The Hall–Kier alpha value is -1.55. The van der Waals surface area contributed by atoms with Gasteiger partial charge in [0.2, 0.25) is 0 Å². The van der Waals surface area contributed by atoms with Crippen LogP contribution < -0.4 is 4.90 Å². The van der Waals surface area contributed by atoms with E-state index in [2.05, 4.69) is 0 Å². The van der Waals surface area contributed by atoms with Crippen LogP contribution in [0.3, 0.4) is 0 Å². The van der Waals surface area contributed by atoms with Crippen LogP contribution in [-0.2, 0) is 4.79 Å². The number of carbonyl (C=O) groups is 2. The number of rotatable bonds is 4. The highest BCUT2D eigenvalue weighted by molar-refractivity contribution is 6.66. The van der Waals surface area contributed by atoms with Gasteiger partial charge in [-0.1, -0.05) is 32.0 Å². The second kappa shape index (κ2) is 5.68. The lowest BCUT2D eigenvalue weighted by Gasteiger charge is -2.29. The second-order valence-electron chi connectivity index (χ2n) is 3.99. The van der Waals surface area contributed by atoms with Crippen LogP contribution in [0.4, 0.5) is 10.5 Å². The molecular formula is C12H14ClNO3. The van der Waals surface area contributed by atoms with Gasteiger partial charge in [-0.2, -0.15) is 0 Å². The van der Waals surface area contributed by atoms with Gasteiger partial charge in [0.05, 0.1) is 0 Å². The number of anilines is 1. The van der Waals surface area contributed by atoms with Gasteiger partial charge in [0, 0.05) is 5.69 Å². The molecule has 1 rings (SSSR count). The standard InChI is InChI=1S/C12H14ClNO3/c1-8(2)10(11(15)16)14(12(13)17)9-6-4-3-5-7-9/h3-8,10H,1-2H3,(H,15,16)/t10-/m0/s1. The van der Waals surface area contributed by atoms with Crippen molar-refractivity contribution in [1.29, 1.82) is 0 Å². The molecule has 1 atom stereocenters. The first kappa shape index (κ1) is 13.5. The Morgan fingerprint density at radius 2 is 1.76 bits per heavy atom. The molecule has 0 spiro atoms. The molecule has 0 saturated heterocycles. The van der Waals surface area contributed by atoms with E-state index in [1.54, 1.807) is 44.2 Å². The minimum Gasteiger partial charge on any atom is -0.480 e. The van der Waals surface area contributed by atoms with E-state index in [4.69, 9.17) is 11.6 Å². The van der Waals surface area contributed by atoms with Crippen molar-refractivity contribution in [3.63, 3.8) is 0 Å². The Balaban J connectivity index is 3.17. The zero-order valence-corrected chi connectivity index (χ0v) is 10.4. The zero-order valence-electron chi connectivity index (χ0n) is 9.63. The summed E-state index contributed by atoms with van der Waals surface area (Å²) in [6, 6.07) is 7.56. The molecule has 17 heavy (non-hydrogen) atoms. The number of benzene rings is 1. The number of aliphatic carboxylic acids is 1. The molecule has 0 aliphatic rings. The molecule has 0 heterocycles. The second-order valence-corrected chi connectivity index (χ2v) is 4.31. The Morgan fingerprint density at radius 1 is 1.24 bits per heavy atom. The normalized spacial score (nSPS) is 12.2. The van der Waals surface area contributed by atoms with Gasteiger partial charge < -0.3 is 5.11 Å². The van der Waals surface area contributed by atoms with Crippen molar-refractivity contribution in [3.05, 3.63) is 30.3 Å². The maximum atomic E-state index is 11.4. The molecular weight excluding hydrogens is 242 g/mol.